The van der Waals surface area contributed by atoms with Crippen LogP contribution in [-0.2, 0) is 4.79 Å². The van der Waals surface area contributed by atoms with Crippen molar-refractivity contribution < 1.29 is 57.5 Å². The summed E-state index contributed by atoms with van der Waals surface area (Å²) in [6.07, 6.45) is -8.90. The van der Waals surface area contributed by atoms with Crippen molar-refractivity contribution in [1.82, 2.24) is 0 Å². The molecule has 1 aliphatic rings. The van der Waals surface area contributed by atoms with Gasteiger partial charge in [-0.1, -0.05) is 13.8 Å². The second-order valence-electron chi connectivity index (χ2n) is 6.85. The van der Waals surface area contributed by atoms with E-state index in [9.17, 15) is 57.5 Å². The largest absolute Gasteiger partial charge is 0.460 e. The first-order chi connectivity index (χ1) is 11.6. The molecule has 27 heavy (non-hydrogen) atoms. The molecule has 158 valence electrons. The Morgan fingerprint density at radius 1 is 0.815 bits per heavy atom. The van der Waals surface area contributed by atoms with E-state index < -0.39 is 65.3 Å². The fourth-order valence-electron chi connectivity index (χ4n) is 2.37. The summed E-state index contributed by atoms with van der Waals surface area (Å²) in [7, 11) is 0. The topological polar surface area (TPSA) is 17.1 Å². The lowest BCUT2D eigenvalue weighted by atomic mass is 9.73. The molecule has 1 nitrogen and oxygen atoms in total. The van der Waals surface area contributed by atoms with E-state index in [1.54, 1.807) is 0 Å². The monoisotopic (exact) mass is 424 g/mol. The van der Waals surface area contributed by atoms with Gasteiger partial charge in [0.2, 0.25) is 0 Å². The highest BCUT2D eigenvalue weighted by Gasteiger charge is 2.88. The van der Waals surface area contributed by atoms with E-state index in [-0.39, 0.29) is 6.42 Å². The molecule has 13 heteroatoms. The van der Waals surface area contributed by atoms with Crippen LogP contribution in [-0.4, -0.2) is 35.6 Å². The highest BCUT2D eigenvalue weighted by Crippen LogP contribution is 2.59. The van der Waals surface area contributed by atoms with Crippen LogP contribution in [0.25, 0.3) is 0 Å². The van der Waals surface area contributed by atoms with Crippen molar-refractivity contribution in [3.8, 4) is 0 Å². The van der Waals surface area contributed by atoms with E-state index in [0.717, 1.165) is 0 Å². The van der Waals surface area contributed by atoms with Crippen LogP contribution in [0, 0.1) is 5.41 Å². The van der Waals surface area contributed by atoms with Gasteiger partial charge in [-0.15, -0.1) is 0 Å². The first-order valence-electron chi connectivity index (χ1n) is 7.14. The smallest absolute Gasteiger partial charge is 0.294 e. The molecule has 0 unspecified atom stereocenters. The third kappa shape index (κ3) is 3.53. The average Bonchev–Trinajstić information content (AvgIpc) is 2.47. The van der Waals surface area contributed by atoms with Gasteiger partial charge in [0.25, 0.3) is 0 Å². The van der Waals surface area contributed by atoms with Crippen LogP contribution in [0.2, 0.25) is 0 Å². The molecule has 0 heterocycles. The maximum atomic E-state index is 13.9. The highest BCUT2D eigenvalue weighted by atomic mass is 19.4. The van der Waals surface area contributed by atoms with Gasteiger partial charge in [0, 0.05) is 12.0 Å². The van der Waals surface area contributed by atoms with E-state index in [1.807, 2.05) is 0 Å². The van der Waals surface area contributed by atoms with Crippen LogP contribution >= 0.6 is 0 Å². The van der Waals surface area contributed by atoms with Crippen molar-refractivity contribution in [2.75, 3.05) is 0 Å². The second kappa shape index (κ2) is 6.29. The molecule has 0 aromatic heterocycles. The van der Waals surface area contributed by atoms with Crippen molar-refractivity contribution in [3.05, 3.63) is 11.4 Å². The summed E-state index contributed by atoms with van der Waals surface area (Å²) >= 11 is 0. The van der Waals surface area contributed by atoms with Crippen LogP contribution in [0.3, 0.4) is 0 Å². The van der Waals surface area contributed by atoms with Gasteiger partial charge < -0.3 is 0 Å². The molecule has 0 aliphatic heterocycles. The van der Waals surface area contributed by atoms with Crippen LogP contribution in [0.4, 0.5) is 52.7 Å². The molecule has 0 amide bonds. The molecule has 0 saturated heterocycles. The first kappa shape index (κ1) is 23.6. The summed E-state index contributed by atoms with van der Waals surface area (Å²) in [5, 5.41) is 0. The van der Waals surface area contributed by atoms with Crippen LogP contribution in [0.15, 0.2) is 11.4 Å². The number of hydrogen-bond donors (Lipinski definition) is 0. The van der Waals surface area contributed by atoms with E-state index in [2.05, 4.69) is 0 Å². The fourth-order valence-corrected chi connectivity index (χ4v) is 2.37. The lowest BCUT2D eigenvalue weighted by Crippen LogP contribution is -2.66. The van der Waals surface area contributed by atoms with Gasteiger partial charge in [-0.25, -0.2) is 4.39 Å². The summed E-state index contributed by atoms with van der Waals surface area (Å²) < 4.78 is 156. The fraction of sp³-hybridized carbons (Fsp3) is 0.786. The normalized spacial score (nSPS) is 22.1. The third-order valence-electron chi connectivity index (χ3n) is 4.10. The van der Waals surface area contributed by atoms with Gasteiger partial charge in [0.15, 0.2) is 11.6 Å². The summed E-state index contributed by atoms with van der Waals surface area (Å²) in [5.74, 6) is -34.5. The van der Waals surface area contributed by atoms with Crippen molar-refractivity contribution >= 4 is 5.78 Å². The molecule has 1 aliphatic carbocycles. The number of ketones is 1. The minimum Gasteiger partial charge on any atom is -0.294 e. The minimum absolute atomic E-state index is 0.00706. The number of halogens is 12. The van der Waals surface area contributed by atoms with Gasteiger partial charge in [0.1, 0.15) is 0 Å². The standard InChI is InChI=1S/C14H12F12O/c1-9(2)4-3-7(27)6(5-9)8(15)10(16,17)11(18,19)12(20,21)13(22,23)14(24,25)26/h3-5H2,1-2H3/b8-6+. The van der Waals surface area contributed by atoms with Crippen LogP contribution in [0.1, 0.15) is 33.1 Å². The number of carbonyl (C=O) groups is 1. The maximum absolute atomic E-state index is 13.9. The molecule has 0 N–H and O–H groups in total. The van der Waals surface area contributed by atoms with Gasteiger partial charge in [-0.3, -0.25) is 4.79 Å². The molecular weight excluding hydrogens is 412 g/mol. The zero-order chi connectivity index (χ0) is 21.9. The third-order valence-corrected chi connectivity index (χ3v) is 4.10. The summed E-state index contributed by atoms with van der Waals surface area (Å²) in [4.78, 5) is 11.5. The van der Waals surface area contributed by atoms with Gasteiger partial charge in [0.05, 0.1) is 0 Å². The summed E-state index contributed by atoms with van der Waals surface area (Å²) in [6.45, 7) is 2.57. The van der Waals surface area contributed by atoms with Crippen molar-refractivity contribution in [3.63, 3.8) is 0 Å². The second-order valence-corrected chi connectivity index (χ2v) is 6.85. The van der Waals surface area contributed by atoms with Gasteiger partial charge in [-0.2, -0.15) is 48.3 Å². The number of rotatable bonds is 4. The Morgan fingerprint density at radius 3 is 1.67 bits per heavy atom. The molecule has 0 spiro atoms. The van der Waals surface area contributed by atoms with E-state index in [1.165, 1.54) is 13.8 Å². The van der Waals surface area contributed by atoms with E-state index in [0.29, 0.717) is 0 Å². The molecule has 1 fully saturated rings. The Bertz CT molecular complexity index is 641. The molecule has 0 aromatic carbocycles. The Kier molecular flexibility index (Phi) is 5.50. The van der Waals surface area contributed by atoms with Crippen molar-refractivity contribution in [2.24, 2.45) is 5.41 Å². The van der Waals surface area contributed by atoms with Crippen molar-refractivity contribution in [1.29, 1.82) is 0 Å². The Hall–Kier alpha value is -1.43. The zero-order valence-corrected chi connectivity index (χ0v) is 13.6. The lowest BCUT2D eigenvalue weighted by Gasteiger charge is -2.38. The average molecular weight is 424 g/mol. The Morgan fingerprint density at radius 2 is 1.26 bits per heavy atom. The molecular formula is C14H12F12O. The lowest BCUT2D eigenvalue weighted by molar-refractivity contribution is -0.419. The van der Waals surface area contributed by atoms with Gasteiger partial charge >= 0.3 is 29.9 Å². The van der Waals surface area contributed by atoms with Gasteiger partial charge in [-0.05, 0) is 18.3 Å². The molecule has 1 saturated carbocycles. The SMILES string of the molecule is CC1(C)CCC(=O)/C(=C(/F)C(F)(F)C(F)(F)C(F)(F)C(F)(F)C(F)(F)F)C1. The predicted octanol–water partition coefficient (Wildman–Crippen LogP) is 6.09. The first-order valence-corrected chi connectivity index (χ1v) is 7.14. The zero-order valence-electron chi connectivity index (χ0n) is 13.6. The summed E-state index contributed by atoms with van der Waals surface area (Å²) in [5.41, 5.74) is -2.76. The number of Topliss-reactive ketones (excluding diaryl/α,β-unsaturated/α-hetero) is 1. The molecule has 0 bridgehead atoms. The van der Waals surface area contributed by atoms with Crippen LogP contribution < -0.4 is 0 Å². The van der Waals surface area contributed by atoms with Crippen LogP contribution in [0.5, 0.6) is 0 Å². The highest BCUT2D eigenvalue weighted by molar-refractivity contribution is 5.97. The van der Waals surface area contributed by atoms with Crippen molar-refractivity contribution in [2.45, 2.75) is 63.0 Å². The summed E-state index contributed by atoms with van der Waals surface area (Å²) in [6, 6.07) is 0. The van der Waals surface area contributed by atoms with E-state index >= 15 is 0 Å². The predicted molar refractivity (Wildman–Crippen MR) is 66.6 cm³/mol. The maximum Gasteiger partial charge on any atom is 0.460 e. The molecule has 1 rings (SSSR count). The Labute approximate surface area is 144 Å². The molecule has 0 atom stereocenters. The van der Waals surface area contributed by atoms with E-state index in [4.69, 9.17) is 0 Å². The molecule has 0 aromatic rings. The number of carbonyl (C=O) groups excluding carboxylic acids is 1. The number of allylic oxidation sites excluding steroid dienone is 2. The number of alkyl halides is 11. The molecule has 0 radical (unpaired) electrons. The Balaban J connectivity index is 3.55. The quantitative estimate of drug-likeness (QED) is 0.394. The minimum atomic E-state index is -7.72. The number of hydrogen-bond acceptors (Lipinski definition) is 1.